The number of nitrogens with one attached hydrogen (secondary N) is 1. The molecule has 1 saturated carbocycles. The third kappa shape index (κ3) is 4.34. The van der Waals surface area contributed by atoms with Crippen molar-refractivity contribution in [3.8, 4) is 11.8 Å². The normalized spacial score (nSPS) is 14.7. The van der Waals surface area contributed by atoms with Crippen molar-refractivity contribution in [2.24, 2.45) is 0 Å². The predicted octanol–water partition coefficient (Wildman–Crippen LogP) is 5.06. The van der Waals surface area contributed by atoms with Crippen molar-refractivity contribution in [2.45, 2.75) is 38.2 Å². The molecule has 1 aliphatic carbocycles. The summed E-state index contributed by atoms with van der Waals surface area (Å²) in [5.41, 5.74) is 1.31. The molecule has 1 fully saturated rings. The van der Waals surface area contributed by atoms with Crippen LogP contribution in [0.2, 0.25) is 4.34 Å². The number of fused-ring (bicyclic) bond motifs is 1. The van der Waals surface area contributed by atoms with Gasteiger partial charge in [0.1, 0.15) is 21.5 Å². The number of carbonyl (C=O) groups is 2. The van der Waals surface area contributed by atoms with E-state index in [1.165, 1.54) is 0 Å². The topological polar surface area (TPSA) is 141 Å². The molecule has 12 heteroatoms. The number of aryl methyl sites for hydroxylation is 1. The van der Waals surface area contributed by atoms with Crippen LogP contribution in [0.4, 0.5) is 10.5 Å². The van der Waals surface area contributed by atoms with Gasteiger partial charge in [0.15, 0.2) is 5.69 Å². The fraction of sp³-hybridized carbons (Fsp3) is 0.261. The summed E-state index contributed by atoms with van der Waals surface area (Å²) in [4.78, 5) is 32.1. The Labute approximate surface area is 207 Å². The van der Waals surface area contributed by atoms with Gasteiger partial charge in [-0.3, -0.25) is 10.1 Å². The van der Waals surface area contributed by atoms with Crippen LogP contribution in [0, 0.1) is 18.8 Å². The van der Waals surface area contributed by atoms with Gasteiger partial charge in [-0.2, -0.15) is 14.3 Å². The van der Waals surface area contributed by atoms with E-state index in [0.29, 0.717) is 12.8 Å². The van der Waals surface area contributed by atoms with Crippen molar-refractivity contribution in [3.05, 3.63) is 57.2 Å². The Morgan fingerprint density at radius 1 is 1.23 bits per heavy atom. The summed E-state index contributed by atoms with van der Waals surface area (Å²) >= 11 is 7.15. The lowest BCUT2D eigenvalue weighted by molar-refractivity contribution is -0.140. The monoisotopic (exact) mass is 512 g/mol. The van der Waals surface area contributed by atoms with Crippen molar-refractivity contribution in [1.82, 2.24) is 14.3 Å². The number of nitrogens with zero attached hydrogens (tertiary/aromatic N) is 3. The van der Waals surface area contributed by atoms with Gasteiger partial charge in [0.25, 0.3) is 17.3 Å². The number of aromatic nitrogens is 3. The van der Waals surface area contributed by atoms with Gasteiger partial charge in [-0.05, 0) is 55.3 Å². The first kappa shape index (κ1) is 22.9. The highest BCUT2D eigenvalue weighted by Crippen LogP contribution is 2.48. The van der Waals surface area contributed by atoms with Crippen LogP contribution in [0.25, 0.3) is 11.4 Å². The molecule has 0 radical (unpaired) electrons. The second-order valence-corrected chi connectivity index (χ2v) is 9.37. The number of rotatable bonds is 5. The zero-order valence-corrected chi connectivity index (χ0v) is 20.0. The number of aliphatic carboxylic acids is 1. The maximum absolute atomic E-state index is 12.5. The number of halogens is 1. The lowest BCUT2D eigenvalue weighted by atomic mass is 10.1. The Hall–Kier alpha value is -3.88. The van der Waals surface area contributed by atoms with E-state index >= 15 is 0 Å². The Bertz CT molecular complexity index is 1490. The largest absolute Gasteiger partial charge is 0.480 e. The van der Waals surface area contributed by atoms with E-state index in [1.807, 2.05) is 31.2 Å². The zero-order valence-electron chi connectivity index (χ0n) is 18.4. The summed E-state index contributed by atoms with van der Waals surface area (Å²) in [6.07, 6.45) is -0.286. The standard InChI is InChI=1S/C23H17ClN4O6S/c1-11-5-3-4-6-13(11)12(2)32-22(31)26-16-14(28-35-17(16)24)7-8-15-25-18-19(33-15)27-20(34-18)23(9-10-23)21(29)30/h3-6,12H,9-10H2,1-2H3,(H,26,31)(H,29,30). The highest BCUT2D eigenvalue weighted by molar-refractivity contribution is 7.11. The van der Waals surface area contributed by atoms with Crippen LogP contribution in [0.1, 0.15) is 54.5 Å². The molecule has 178 valence electrons. The minimum Gasteiger partial charge on any atom is -0.480 e. The van der Waals surface area contributed by atoms with E-state index in [9.17, 15) is 14.7 Å². The molecule has 1 aromatic carbocycles. The van der Waals surface area contributed by atoms with Crippen LogP contribution in [-0.2, 0) is 14.9 Å². The Morgan fingerprint density at radius 3 is 2.66 bits per heavy atom. The van der Waals surface area contributed by atoms with Crippen LogP contribution in [0.15, 0.2) is 33.1 Å². The summed E-state index contributed by atoms with van der Waals surface area (Å²) in [5, 5.41) is 12.0. The number of carboxylic acids is 1. The number of amides is 1. The smallest absolute Gasteiger partial charge is 0.412 e. The molecule has 2 N–H and O–H groups in total. The number of carbonyl (C=O) groups excluding carboxylic acids is 1. The maximum Gasteiger partial charge on any atom is 0.412 e. The highest BCUT2D eigenvalue weighted by atomic mass is 35.5. The van der Waals surface area contributed by atoms with E-state index in [4.69, 9.17) is 25.2 Å². The van der Waals surface area contributed by atoms with Crippen molar-refractivity contribution < 1.29 is 28.3 Å². The third-order valence-electron chi connectivity index (χ3n) is 5.62. The second kappa shape index (κ2) is 8.72. The molecule has 5 rings (SSSR count). The van der Waals surface area contributed by atoms with Gasteiger partial charge in [-0.15, -0.1) is 0 Å². The molecule has 0 aliphatic heterocycles. The fourth-order valence-electron chi connectivity index (χ4n) is 3.52. The lowest BCUT2D eigenvalue weighted by Gasteiger charge is -2.16. The van der Waals surface area contributed by atoms with Gasteiger partial charge in [0, 0.05) is 5.92 Å². The zero-order chi connectivity index (χ0) is 24.7. The first-order chi connectivity index (χ1) is 16.8. The molecule has 0 spiro atoms. The van der Waals surface area contributed by atoms with E-state index in [-0.39, 0.29) is 38.9 Å². The number of anilines is 1. The molecule has 35 heavy (non-hydrogen) atoms. The molecule has 1 unspecified atom stereocenters. The van der Waals surface area contributed by atoms with Gasteiger partial charge >= 0.3 is 12.1 Å². The molecule has 1 aliphatic rings. The molecule has 3 heterocycles. The highest BCUT2D eigenvalue weighted by Gasteiger charge is 2.56. The third-order valence-corrected chi connectivity index (χ3v) is 6.65. The minimum absolute atomic E-state index is 0.0104. The van der Waals surface area contributed by atoms with E-state index < -0.39 is 23.6 Å². The van der Waals surface area contributed by atoms with Gasteiger partial charge in [0.2, 0.25) is 5.89 Å². The summed E-state index contributed by atoms with van der Waals surface area (Å²) in [6, 6.07) is 7.61. The number of carboxylic acid groups (broad SMARTS) is 1. The van der Waals surface area contributed by atoms with Crippen LogP contribution < -0.4 is 5.32 Å². The molecular formula is C23H17ClN4O6S. The molecule has 0 saturated heterocycles. The van der Waals surface area contributed by atoms with Gasteiger partial charge in [-0.25, -0.2) is 4.79 Å². The van der Waals surface area contributed by atoms with Crippen molar-refractivity contribution in [1.29, 1.82) is 0 Å². The van der Waals surface area contributed by atoms with Crippen molar-refractivity contribution >= 4 is 52.3 Å². The van der Waals surface area contributed by atoms with Crippen molar-refractivity contribution in [3.63, 3.8) is 0 Å². The number of benzene rings is 1. The Morgan fingerprint density at radius 2 is 1.97 bits per heavy atom. The fourth-order valence-corrected chi connectivity index (χ4v) is 4.31. The number of hydrogen-bond acceptors (Lipinski definition) is 9. The number of ether oxygens (including phenoxy) is 1. The maximum atomic E-state index is 12.5. The average Bonchev–Trinajstić information content (AvgIpc) is 3.25. The number of hydrogen-bond donors (Lipinski definition) is 2. The van der Waals surface area contributed by atoms with Gasteiger partial charge in [-0.1, -0.05) is 35.9 Å². The van der Waals surface area contributed by atoms with Crippen LogP contribution >= 0.6 is 23.1 Å². The molecule has 3 aromatic heterocycles. The van der Waals surface area contributed by atoms with E-state index in [1.54, 1.807) is 6.92 Å². The minimum atomic E-state index is -1.10. The summed E-state index contributed by atoms with van der Waals surface area (Å²) < 4.78 is 20.8. The van der Waals surface area contributed by atoms with Crippen LogP contribution in [0.5, 0.6) is 0 Å². The SMILES string of the molecule is Cc1ccccc1C(C)OC(=O)Nc1c(C#Cc2nc3oc(C4(C(=O)O)CC4)nc3o2)nsc1Cl. The molecule has 10 nitrogen and oxygen atoms in total. The lowest BCUT2D eigenvalue weighted by Crippen LogP contribution is -2.19. The van der Waals surface area contributed by atoms with Crippen LogP contribution in [-0.4, -0.2) is 31.5 Å². The van der Waals surface area contributed by atoms with Crippen LogP contribution in [0.3, 0.4) is 0 Å². The summed E-state index contributed by atoms with van der Waals surface area (Å²) in [5.74, 6) is 4.50. The second-order valence-electron chi connectivity index (χ2n) is 7.99. The first-order valence-electron chi connectivity index (χ1n) is 10.5. The predicted molar refractivity (Wildman–Crippen MR) is 125 cm³/mol. The molecule has 1 atom stereocenters. The van der Waals surface area contributed by atoms with Crippen molar-refractivity contribution in [2.75, 3.05) is 5.32 Å². The Balaban J connectivity index is 1.30. The van der Waals surface area contributed by atoms with E-state index in [0.717, 1.165) is 22.7 Å². The molecular weight excluding hydrogens is 496 g/mol. The Kier molecular flexibility index (Phi) is 5.70. The summed E-state index contributed by atoms with van der Waals surface area (Å²) in [7, 11) is 0. The van der Waals surface area contributed by atoms with Gasteiger partial charge < -0.3 is 18.7 Å². The average molecular weight is 513 g/mol. The molecule has 4 aromatic rings. The molecule has 0 bridgehead atoms. The quantitative estimate of drug-likeness (QED) is 0.351. The molecule has 1 amide bonds. The number of oxazole rings is 2. The summed E-state index contributed by atoms with van der Waals surface area (Å²) in [6.45, 7) is 3.71. The van der Waals surface area contributed by atoms with E-state index in [2.05, 4.69) is 31.5 Å². The first-order valence-corrected chi connectivity index (χ1v) is 11.6. The van der Waals surface area contributed by atoms with Gasteiger partial charge in [0.05, 0.1) is 0 Å².